The molecule has 3 N–H and O–H groups in total. The maximum Gasteiger partial charge on any atom is 0.221 e. The van der Waals surface area contributed by atoms with E-state index in [2.05, 4.69) is 10.6 Å². The summed E-state index contributed by atoms with van der Waals surface area (Å²) in [4.78, 5) is 11.4. The fourth-order valence-corrected chi connectivity index (χ4v) is 1.47. The molecule has 0 aromatic rings. The summed E-state index contributed by atoms with van der Waals surface area (Å²) >= 11 is 0. The highest BCUT2D eigenvalue weighted by Crippen LogP contribution is 1.89. The maximum absolute atomic E-state index is 11.4. The minimum absolute atomic E-state index is 0.0314. The predicted octanol–water partition coefficient (Wildman–Crippen LogP) is -0.469. The summed E-state index contributed by atoms with van der Waals surface area (Å²) in [6, 6.07) is 0. The van der Waals surface area contributed by atoms with Gasteiger partial charge in [0.25, 0.3) is 0 Å². The van der Waals surface area contributed by atoms with Crippen molar-refractivity contribution in [3.63, 3.8) is 0 Å². The molecular weight excluding hydrogens is 276 g/mol. The van der Waals surface area contributed by atoms with E-state index >= 15 is 0 Å². The SMILES string of the molecule is COCCNC(=O)CCNCC(O)COCCOC(C)C. The van der Waals surface area contributed by atoms with E-state index in [1.807, 2.05) is 13.8 Å². The molecule has 21 heavy (non-hydrogen) atoms. The zero-order valence-corrected chi connectivity index (χ0v) is 13.4. The number of hydrogen-bond acceptors (Lipinski definition) is 6. The standard InChI is InChI=1S/C14H30N2O5/c1-12(2)21-9-8-20-11-13(17)10-15-5-4-14(18)16-6-7-19-3/h12-13,15,17H,4-11H2,1-3H3,(H,16,18). The smallest absolute Gasteiger partial charge is 0.221 e. The van der Waals surface area contributed by atoms with Crippen LogP contribution in [0, 0.1) is 0 Å². The van der Waals surface area contributed by atoms with Crippen molar-refractivity contribution in [1.82, 2.24) is 10.6 Å². The van der Waals surface area contributed by atoms with Crippen LogP contribution in [-0.2, 0) is 19.0 Å². The molecule has 0 heterocycles. The topological polar surface area (TPSA) is 89.1 Å². The second-order valence-corrected chi connectivity index (χ2v) is 4.95. The van der Waals surface area contributed by atoms with Crippen LogP contribution in [0.1, 0.15) is 20.3 Å². The molecule has 7 nitrogen and oxygen atoms in total. The summed E-state index contributed by atoms with van der Waals surface area (Å²) in [6.07, 6.45) is -0.0182. The number of hydrogen-bond donors (Lipinski definition) is 3. The van der Waals surface area contributed by atoms with Crippen LogP contribution in [0.3, 0.4) is 0 Å². The van der Waals surface area contributed by atoms with Crippen molar-refractivity contribution in [2.24, 2.45) is 0 Å². The number of ether oxygens (including phenoxy) is 3. The summed E-state index contributed by atoms with van der Waals surface area (Å²) in [5, 5.41) is 15.4. The van der Waals surface area contributed by atoms with Crippen molar-refractivity contribution >= 4 is 5.91 Å². The Morgan fingerprint density at radius 2 is 1.95 bits per heavy atom. The van der Waals surface area contributed by atoms with Crippen LogP contribution in [0.5, 0.6) is 0 Å². The van der Waals surface area contributed by atoms with Crippen molar-refractivity contribution in [2.45, 2.75) is 32.5 Å². The van der Waals surface area contributed by atoms with Gasteiger partial charge in [-0.2, -0.15) is 0 Å². The molecule has 0 aromatic heterocycles. The normalized spacial score (nSPS) is 12.6. The van der Waals surface area contributed by atoms with Crippen LogP contribution in [0.25, 0.3) is 0 Å². The molecule has 0 aliphatic rings. The van der Waals surface area contributed by atoms with Gasteiger partial charge < -0.3 is 30.0 Å². The number of nitrogens with one attached hydrogen (secondary N) is 2. The molecule has 0 rings (SSSR count). The number of carbonyl (C=O) groups excluding carboxylic acids is 1. The van der Waals surface area contributed by atoms with E-state index in [0.29, 0.717) is 45.9 Å². The second kappa shape index (κ2) is 14.2. The monoisotopic (exact) mass is 306 g/mol. The lowest BCUT2D eigenvalue weighted by Crippen LogP contribution is -2.34. The molecule has 7 heteroatoms. The molecule has 1 atom stereocenters. The Morgan fingerprint density at radius 1 is 1.19 bits per heavy atom. The van der Waals surface area contributed by atoms with Gasteiger partial charge in [-0.3, -0.25) is 4.79 Å². The average molecular weight is 306 g/mol. The molecule has 0 bridgehead atoms. The summed E-state index contributed by atoms with van der Waals surface area (Å²) in [6.45, 7) is 7.13. The van der Waals surface area contributed by atoms with E-state index in [9.17, 15) is 9.90 Å². The highest BCUT2D eigenvalue weighted by molar-refractivity contribution is 5.75. The number of aliphatic hydroxyl groups excluding tert-OH is 1. The molecule has 0 aliphatic carbocycles. The molecular formula is C14H30N2O5. The lowest BCUT2D eigenvalue weighted by molar-refractivity contribution is -0.121. The van der Waals surface area contributed by atoms with Crippen molar-refractivity contribution in [3.05, 3.63) is 0 Å². The number of rotatable bonds is 14. The van der Waals surface area contributed by atoms with Crippen LogP contribution in [0.15, 0.2) is 0 Å². The maximum atomic E-state index is 11.4. The van der Waals surface area contributed by atoms with E-state index < -0.39 is 6.10 Å². The van der Waals surface area contributed by atoms with Gasteiger partial charge in [-0.05, 0) is 13.8 Å². The zero-order valence-electron chi connectivity index (χ0n) is 13.4. The van der Waals surface area contributed by atoms with Gasteiger partial charge in [0.15, 0.2) is 0 Å². The molecule has 1 unspecified atom stereocenters. The third-order valence-electron chi connectivity index (χ3n) is 2.53. The van der Waals surface area contributed by atoms with Crippen LogP contribution in [0.2, 0.25) is 0 Å². The third kappa shape index (κ3) is 15.5. The van der Waals surface area contributed by atoms with Gasteiger partial charge in [-0.25, -0.2) is 0 Å². The third-order valence-corrected chi connectivity index (χ3v) is 2.53. The van der Waals surface area contributed by atoms with E-state index in [1.165, 1.54) is 0 Å². The Balaban J connectivity index is 3.33. The lowest BCUT2D eigenvalue weighted by Gasteiger charge is -2.13. The Hall–Kier alpha value is -0.730. The van der Waals surface area contributed by atoms with Gasteiger partial charge in [0, 0.05) is 33.2 Å². The van der Waals surface area contributed by atoms with E-state index in [0.717, 1.165) is 0 Å². The molecule has 0 radical (unpaired) electrons. The second-order valence-electron chi connectivity index (χ2n) is 4.95. The fraction of sp³-hybridized carbons (Fsp3) is 0.929. The number of aliphatic hydroxyl groups is 1. The molecule has 0 saturated heterocycles. The van der Waals surface area contributed by atoms with Gasteiger partial charge >= 0.3 is 0 Å². The van der Waals surface area contributed by atoms with E-state index in [4.69, 9.17) is 14.2 Å². The van der Waals surface area contributed by atoms with Gasteiger partial charge in [-0.15, -0.1) is 0 Å². The van der Waals surface area contributed by atoms with E-state index in [-0.39, 0.29) is 18.6 Å². The summed E-state index contributed by atoms with van der Waals surface area (Å²) in [5.41, 5.74) is 0. The molecule has 0 spiro atoms. The zero-order chi connectivity index (χ0) is 15.9. The lowest BCUT2D eigenvalue weighted by atomic mass is 10.3. The summed E-state index contributed by atoms with van der Waals surface area (Å²) in [5.74, 6) is -0.0314. The first-order valence-electron chi connectivity index (χ1n) is 7.40. The van der Waals surface area contributed by atoms with Crippen LogP contribution in [0.4, 0.5) is 0 Å². The van der Waals surface area contributed by atoms with Crippen molar-refractivity contribution in [1.29, 1.82) is 0 Å². The summed E-state index contributed by atoms with van der Waals surface area (Å²) in [7, 11) is 1.59. The first-order valence-corrected chi connectivity index (χ1v) is 7.40. The van der Waals surface area contributed by atoms with E-state index in [1.54, 1.807) is 7.11 Å². The summed E-state index contributed by atoms with van der Waals surface area (Å²) < 4.78 is 15.4. The van der Waals surface area contributed by atoms with Gasteiger partial charge in [0.05, 0.1) is 38.6 Å². The highest BCUT2D eigenvalue weighted by atomic mass is 16.5. The van der Waals surface area contributed by atoms with Crippen molar-refractivity contribution in [3.8, 4) is 0 Å². The molecule has 0 aliphatic heterocycles. The molecule has 126 valence electrons. The fourth-order valence-electron chi connectivity index (χ4n) is 1.47. The van der Waals surface area contributed by atoms with Gasteiger partial charge in [0.1, 0.15) is 0 Å². The number of amides is 1. The highest BCUT2D eigenvalue weighted by Gasteiger charge is 2.05. The Kier molecular flexibility index (Phi) is 13.7. The van der Waals surface area contributed by atoms with Gasteiger partial charge in [-0.1, -0.05) is 0 Å². The minimum Gasteiger partial charge on any atom is -0.389 e. The first kappa shape index (κ1) is 20.3. The predicted molar refractivity (Wildman–Crippen MR) is 80.3 cm³/mol. The quantitative estimate of drug-likeness (QED) is 0.376. The molecule has 0 fully saturated rings. The molecule has 0 aromatic carbocycles. The Morgan fingerprint density at radius 3 is 2.62 bits per heavy atom. The Bertz CT molecular complexity index is 252. The number of carbonyl (C=O) groups is 1. The first-order chi connectivity index (χ1) is 10.1. The van der Waals surface area contributed by atoms with Gasteiger partial charge in [0.2, 0.25) is 5.91 Å². The Labute approximate surface area is 127 Å². The van der Waals surface area contributed by atoms with Crippen LogP contribution < -0.4 is 10.6 Å². The van der Waals surface area contributed by atoms with Crippen molar-refractivity contribution < 1.29 is 24.1 Å². The minimum atomic E-state index is -0.583. The molecule has 0 saturated carbocycles. The van der Waals surface area contributed by atoms with Crippen LogP contribution in [-0.4, -0.2) is 76.4 Å². The molecule has 1 amide bonds. The largest absolute Gasteiger partial charge is 0.389 e. The van der Waals surface area contributed by atoms with Crippen molar-refractivity contribution in [2.75, 3.05) is 53.2 Å². The van der Waals surface area contributed by atoms with Crippen LogP contribution >= 0.6 is 0 Å². The average Bonchev–Trinajstić information content (AvgIpc) is 2.43. The number of methoxy groups -OCH3 is 1.